The molecular weight excluding hydrogens is 236 g/mol. The normalized spacial score (nSPS) is 9.94. The van der Waals surface area contributed by atoms with Gasteiger partial charge in [0.25, 0.3) is 0 Å². The van der Waals surface area contributed by atoms with E-state index in [0.717, 1.165) is 24.5 Å². The van der Waals surface area contributed by atoms with Gasteiger partial charge < -0.3 is 9.80 Å². The Bertz CT molecular complexity index is 361. The summed E-state index contributed by atoms with van der Waals surface area (Å²) in [7, 11) is 7.96. The van der Waals surface area contributed by atoms with Crippen molar-refractivity contribution >= 4 is 17.6 Å². The van der Waals surface area contributed by atoms with Crippen LogP contribution in [0.3, 0.4) is 0 Å². The third-order valence-electron chi connectivity index (χ3n) is 2.24. The molecule has 0 aliphatic carbocycles. The van der Waals surface area contributed by atoms with Gasteiger partial charge in [-0.25, -0.2) is 4.98 Å². The molecular formula is C12H19ClN4. The summed E-state index contributed by atoms with van der Waals surface area (Å²) in [5, 5.41) is 0.527. The highest BCUT2D eigenvalue weighted by atomic mass is 35.5. The summed E-state index contributed by atoms with van der Waals surface area (Å²) >= 11 is 5.73. The van der Waals surface area contributed by atoms with E-state index in [1.54, 1.807) is 12.3 Å². The van der Waals surface area contributed by atoms with Crippen LogP contribution in [0.4, 0.5) is 0 Å². The van der Waals surface area contributed by atoms with Gasteiger partial charge in [-0.05, 0) is 18.1 Å². The fraction of sp³-hybridized carbons (Fsp3) is 0.500. The van der Waals surface area contributed by atoms with Gasteiger partial charge in [0.1, 0.15) is 5.15 Å². The molecule has 0 fully saturated rings. The van der Waals surface area contributed by atoms with Crippen LogP contribution < -0.4 is 0 Å². The molecule has 0 spiro atoms. The standard InChI is InChI=1S/C12H19ClN4/c1-16(2)12(17(3)4)14-8-7-10-5-6-11(13)15-9-10/h5-6,9H,7-8H2,1-4H3. The molecule has 0 bridgehead atoms. The van der Waals surface area contributed by atoms with Crippen molar-refractivity contribution in [1.29, 1.82) is 0 Å². The van der Waals surface area contributed by atoms with Gasteiger partial charge in [0.15, 0.2) is 5.96 Å². The van der Waals surface area contributed by atoms with Crippen molar-refractivity contribution in [2.75, 3.05) is 34.7 Å². The zero-order chi connectivity index (χ0) is 12.8. The van der Waals surface area contributed by atoms with Crippen LogP contribution in [0.5, 0.6) is 0 Å². The Labute approximate surface area is 108 Å². The Balaban J connectivity index is 2.55. The second kappa shape index (κ2) is 6.45. The number of aromatic nitrogens is 1. The van der Waals surface area contributed by atoms with Crippen LogP contribution in [-0.2, 0) is 6.42 Å². The molecule has 0 aliphatic heterocycles. The number of halogens is 1. The summed E-state index contributed by atoms with van der Waals surface area (Å²) < 4.78 is 0. The number of nitrogens with zero attached hydrogens (tertiary/aromatic N) is 4. The number of guanidine groups is 1. The molecule has 0 unspecified atom stereocenters. The van der Waals surface area contributed by atoms with Gasteiger partial charge in [0.2, 0.25) is 0 Å². The summed E-state index contributed by atoms with van der Waals surface area (Å²) in [5.74, 6) is 0.965. The fourth-order valence-corrected chi connectivity index (χ4v) is 1.63. The maximum Gasteiger partial charge on any atom is 0.195 e. The minimum Gasteiger partial charge on any atom is -0.349 e. The molecule has 17 heavy (non-hydrogen) atoms. The van der Waals surface area contributed by atoms with Crippen LogP contribution in [0.2, 0.25) is 5.15 Å². The third kappa shape index (κ3) is 4.61. The molecule has 0 saturated heterocycles. The van der Waals surface area contributed by atoms with Crippen molar-refractivity contribution in [3.8, 4) is 0 Å². The first kappa shape index (κ1) is 13.8. The molecule has 1 heterocycles. The fourth-order valence-electron chi connectivity index (χ4n) is 1.52. The summed E-state index contributed by atoms with van der Waals surface area (Å²) in [6.45, 7) is 0.745. The van der Waals surface area contributed by atoms with E-state index in [1.807, 2.05) is 44.1 Å². The first-order chi connectivity index (χ1) is 8.00. The summed E-state index contributed by atoms with van der Waals surface area (Å²) in [5.41, 5.74) is 1.15. The topological polar surface area (TPSA) is 31.7 Å². The maximum atomic E-state index is 5.73. The predicted octanol–water partition coefficient (Wildman–Crippen LogP) is 1.76. The van der Waals surface area contributed by atoms with Gasteiger partial charge in [-0.3, -0.25) is 4.99 Å². The molecule has 0 aromatic carbocycles. The first-order valence-corrected chi connectivity index (χ1v) is 5.88. The van der Waals surface area contributed by atoms with E-state index in [9.17, 15) is 0 Å². The minimum absolute atomic E-state index is 0.527. The second-order valence-corrected chi connectivity index (χ2v) is 4.60. The number of pyridine rings is 1. The second-order valence-electron chi connectivity index (χ2n) is 4.21. The first-order valence-electron chi connectivity index (χ1n) is 5.50. The number of hydrogen-bond acceptors (Lipinski definition) is 2. The Morgan fingerprint density at radius 3 is 2.35 bits per heavy atom. The van der Waals surface area contributed by atoms with E-state index < -0.39 is 0 Å². The minimum atomic E-state index is 0.527. The third-order valence-corrected chi connectivity index (χ3v) is 2.47. The van der Waals surface area contributed by atoms with Crippen LogP contribution in [-0.4, -0.2) is 55.5 Å². The molecule has 0 saturated carbocycles. The maximum absolute atomic E-state index is 5.73. The molecule has 4 nitrogen and oxygen atoms in total. The Morgan fingerprint density at radius 1 is 1.24 bits per heavy atom. The smallest absolute Gasteiger partial charge is 0.195 e. The quantitative estimate of drug-likeness (QED) is 0.468. The Morgan fingerprint density at radius 2 is 1.88 bits per heavy atom. The van der Waals surface area contributed by atoms with Crippen LogP contribution in [0.25, 0.3) is 0 Å². The van der Waals surface area contributed by atoms with E-state index in [2.05, 4.69) is 9.98 Å². The molecule has 0 radical (unpaired) electrons. The summed E-state index contributed by atoms with van der Waals surface area (Å²) in [4.78, 5) is 12.6. The van der Waals surface area contributed by atoms with Crippen molar-refractivity contribution in [1.82, 2.24) is 14.8 Å². The van der Waals surface area contributed by atoms with Gasteiger partial charge in [0, 0.05) is 40.9 Å². The number of aliphatic imine (C=N–C) groups is 1. The lowest BCUT2D eigenvalue weighted by Crippen LogP contribution is -2.35. The molecule has 0 N–H and O–H groups in total. The average Bonchev–Trinajstić information content (AvgIpc) is 2.25. The molecule has 0 amide bonds. The van der Waals surface area contributed by atoms with E-state index >= 15 is 0 Å². The van der Waals surface area contributed by atoms with E-state index in [4.69, 9.17) is 11.6 Å². The zero-order valence-electron chi connectivity index (χ0n) is 10.8. The van der Waals surface area contributed by atoms with E-state index in [0.29, 0.717) is 5.15 Å². The predicted molar refractivity (Wildman–Crippen MR) is 72.6 cm³/mol. The van der Waals surface area contributed by atoms with Crippen molar-refractivity contribution in [3.05, 3.63) is 29.0 Å². The van der Waals surface area contributed by atoms with Crippen LogP contribution in [0, 0.1) is 0 Å². The monoisotopic (exact) mass is 254 g/mol. The van der Waals surface area contributed by atoms with Gasteiger partial charge in [-0.2, -0.15) is 0 Å². The van der Waals surface area contributed by atoms with E-state index in [-0.39, 0.29) is 0 Å². The zero-order valence-corrected chi connectivity index (χ0v) is 11.6. The van der Waals surface area contributed by atoms with Crippen LogP contribution in [0.1, 0.15) is 5.56 Å². The molecule has 5 heteroatoms. The van der Waals surface area contributed by atoms with Crippen molar-refractivity contribution < 1.29 is 0 Å². The van der Waals surface area contributed by atoms with Crippen molar-refractivity contribution in [2.45, 2.75) is 6.42 Å². The Kier molecular flexibility index (Phi) is 5.22. The Hall–Kier alpha value is -1.29. The van der Waals surface area contributed by atoms with Crippen LogP contribution >= 0.6 is 11.6 Å². The number of rotatable bonds is 3. The van der Waals surface area contributed by atoms with Gasteiger partial charge in [-0.15, -0.1) is 0 Å². The highest BCUT2D eigenvalue weighted by Gasteiger charge is 2.03. The van der Waals surface area contributed by atoms with Gasteiger partial charge in [0.05, 0.1) is 0 Å². The van der Waals surface area contributed by atoms with Gasteiger partial charge >= 0.3 is 0 Å². The molecule has 1 aromatic heterocycles. The van der Waals surface area contributed by atoms with Crippen molar-refractivity contribution in [3.63, 3.8) is 0 Å². The summed E-state index contributed by atoms with van der Waals surface area (Å²) in [6.07, 6.45) is 2.66. The SMILES string of the molecule is CN(C)C(=NCCc1ccc(Cl)nc1)N(C)C. The lowest BCUT2D eigenvalue weighted by Gasteiger charge is -2.22. The molecule has 0 aliphatic rings. The highest BCUT2D eigenvalue weighted by Crippen LogP contribution is 2.05. The van der Waals surface area contributed by atoms with Crippen molar-refractivity contribution in [2.24, 2.45) is 4.99 Å². The molecule has 1 aromatic rings. The van der Waals surface area contributed by atoms with Gasteiger partial charge in [-0.1, -0.05) is 17.7 Å². The highest BCUT2D eigenvalue weighted by molar-refractivity contribution is 6.29. The number of hydrogen-bond donors (Lipinski definition) is 0. The van der Waals surface area contributed by atoms with Crippen LogP contribution in [0.15, 0.2) is 23.3 Å². The summed E-state index contributed by atoms with van der Waals surface area (Å²) in [6, 6.07) is 3.79. The lowest BCUT2D eigenvalue weighted by molar-refractivity contribution is 0.479. The molecule has 0 atom stereocenters. The van der Waals surface area contributed by atoms with E-state index in [1.165, 1.54) is 0 Å². The molecule has 1 rings (SSSR count). The lowest BCUT2D eigenvalue weighted by atomic mass is 10.2. The average molecular weight is 255 g/mol. The molecule has 94 valence electrons. The largest absolute Gasteiger partial charge is 0.349 e.